The number of hydrogen-bond acceptors (Lipinski definition) is 3. The van der Waals surface area contributed by atoms with Crippen molar-refractivity contribution < 1.29 is 14.6 Å². The SMILES string of the molecule is CC1c2cccc(CO)c2CCN1C(=O)OC(C)(C)C. The van der Waals surface area contributed by atoms with Gasteiger partial charge in [0.15, 0.2) is 0 Å². The van der Waals surface area contributed by atoms with E-state index < -0.39 is 5.60 Å². The largest absolute Gasteiger partial charge is 0.444 e. The Morgan fingerprint density at radius 3 is 2.75 bits per heavy atom. The second-order valence-electron chi connectivity index (χ2n) is 6.24. The molecule has 4 nitrogen and oxygen atoms in total. The van der Waals surface area contributed by atoms with Crippen molar-refractivity contribution in [1.29, 1.82) is 0 Å². The first kappa shape index (κ1) is 14.9. The molecule has 1 N–H and O–H groups in total. The van der Waals surface area contributed by atoms with E-state index in [1.807, 2.05) is 45.9 Å². The zero-order chi connectivity index (χ0) is 14.9. The van der Waals surface area contributed by atoms with Crippen LogP contribution in [0, 0.1) is 0 Å². The molecule has 0 aliphatic carbocycles. The first-order valence-electron chi connectivity index (χ1n) is 7.04. The van der Waals surface area contributed by atoms with E-state index in [2.05, 4.69) is 0 Å². The highest BCUT2D eigenvalue weighted by atomic mass is 16.6. The standard InChI is InChI=1S/C16H23NO3/c1-11-13-7-5-6-12(10-18)14(13)8-9-17(11)15(19)20-16(2,3)4/h5-7,11,18H,8-10H2,1-4H3. The van der Waals surface area contributed by atoms with Crippen LogP contribution >= 0.6 is 0 Å². The smallest absolute Gasteiger partial charge is 0.410 e. The number of nitrogens with zero attached hydrogens (tertiary/aromatic N) is 1. The third-order valence-electron chi connectivity index (χ3n) is 3.63. The average Bonchev–Trinajstić information content (AvgIpc) is 2.36. The molecule has 1 aliphatic rings. The van der Waals surface area contributed by atoms with Crippen LogP contribution in [0.4, 0.5) is 4.79 Å². The van der Waals surface area contributed by atoms with Gasteiger partial charge < -0.3 is 14.7 Å². The Kier molecular flexibility index (Phi) is 4.04. The Morgan fingerprint density at radius 1 is 1.45 bits per heavy atom. The molecule has 20 heavy (non-hydrogen) atoms. The number of carbonyl (C=O) groups is 1. The van der Waals surface area contributed by atoms with E-state index >= 15 is 0 Å². The van der Waals surface area contributed by atoms with E-state index in [0.717, 1.165) is 17.5 Å². The van der Waals surface area contributed by atoms with Crippen molar-refractivity contribution in [2.24, 2.45) is 0 Å². The van der Waals surface area contributed by atoms with Gasteiger partial charge in [-0.3, -0.25) is 0 Å². The molecule has 0 aromatic heterocycles. The maximum atomic E-state index is 12.2. The fourth-order valence-electron chi connectivity index (χ4n) is 2.66. The van der Waals surface area contributed by atoms with Crippen LogP contribution < -0.4 is 0 Å². The molecule has 0 radical (unpaired) electrons. The summed E-state index contributed by atoms with van der Waals surface area (Å²) in [6.07, 6.45) is 0.486. The van der Waals surface area contributed by atoms with Crippen LogP contribution in [0.1, 0.15) is 50.4 Å². The minimum absolute atomic E-state index is 0.0277. The lowest BCUT2D eigenvalue weighted by molar-refractivity contribution is 0.0159. The highest BCUT2D eigenvalue weighted by Crippen LogP contribution is 2.32. The zero-order valence-corrected chi connectivity index (χ0v) is 12.6. The Labute approximate surface area is 120 Å². The predicted molar refractivity (Wildman–Crippen MR) is 77.4 cm³/mol. The van der Waals surface area contributed by atoms with Crippen molar-refractivity contribution in [3.63, 3.8) is 0 Å². The molecule has 1 aromatic carbocycles. The van der Waals surface area contributed by atoms with Crippen LogP contribution in [0.15, 0.2) is 18.2 Å². The molecule has 110 valence electrons. The van der Waals surface area contributed by atoms with Crippen molar-refractivity contribution in [1.82, 2.24) is 4.90 Å². The lowest BCUT2D eigenvalue weighted by Gasteiger charge is -2.37. The van der Waals surface area contributed by atoms with Crippen LogP contribution in [-0.4, -0.2) is 28.2 Å². The normalized spacial score (nSPS) is 18.6. The Hall–Kier alpha value is -1.55. The second-order valence-corrected chi connectivity index (χ2v) is 6.24. The summed E-state index contributed by atoms with van der Waals surface area (Å²) < 4.78 is 5.46. The summed E-state index contributed by atoms with van der Waals surface area (Å²) in [5, 5.41) is 9.40. The summed E-state index contributed by atoms with van der Waals surface area (Å²) in [7, 11) is 0. The molecule has 0 saturated heterocycles. The van der Waals surface area contributed by atoms with E-state index in [9.17, 15) is 9.90 Å². The van der Waals surface area contributed by atoms with Gasteiger partial charge in [-0.2, -0.15) is 0 Å². The van der Waals surface area contributed by atoms with Crippen molar-refractivity contribution in [2.45, 2.75) is 52.4 Å². The molecular formula is C16H23NO3. The third-order valence-corrected chi connectivity index (χ3v) is 3.63. The van der Waals surface area contributed by atoms with Crippen LogP contribution in [0.25, 0.3) is 0 Å². The first-order chi connectivity index (χ1) is 9.33. The number of rotatable bonds is 1. The highest BCUT2D eigenvalue weighted by molar-refractivity contribution is 5.69. The lowest BCUT2D eigenvalue weighted by atomic mass is 9.90. The minimum atomic E-state index is -0.482. The Balaban J connectivity index is 2.24. The van der Waals surface area contributed by atoms with Crippen molar-refractivity contribution in [3.05, 3.63) is 34.9 Å². The van der Waals surface area contributed by atoms with Gasteiger partial charge in [0.1, 0.15) is 5.60 Å². The number of aliphatic hydroxyl groups excluding tert-OH is 1. The average molecular weight is 277 g/mol. The van der Waals surface area contributed by atoms with Crippen molar-refractivity contribution in [3.8, 4) is 0 Å². The van der Waals surface area contributed by atoms with E-state index in [-0.39, 0.29) is 18.7 Å². The summed E-state index contributed by atoms with van der Waals surface area (Å²) in [5.41, 5.74) is 2.75. The fraction of sp³-hybridized carbons (Fsp3) is 0.562. The highest BCUT2D eigenvalue weighted by Gasteiger charge is 2.31. The molecule has 1 heterocycles. The van der Waals surface area contributed by atoms with Crippen LogP contribution in [0.5, 0.6) is 0 Å². The molecule has 1 aromatic rings. The zero-order valence-electron chi connectivity index (χ0n) is 12.6. The number of amides is 1. The number of benzene rings is 1. The van der Waals surface area contributed by atoms with E-state index in [1.165, 1.54) is 5.56 Å². The Morgan fingerprint density at radius 2 is 2.15 bits per heavy atom. The summed E-state index contributed by atoms with van der Waals surface area (Å²) in [4.78, 5) is 14.0. The summed E-state index contributed by atoms with van der Waals surface area (Å²) in [6.45, 7) is 8.29. The number of ether oxygens (including phenoxy) is 1. The molecule has 0 bridgehead atoms. The number of carbonyl (C=O) groups excluding carboxylic acids is 1. The van der Waals surface area contributed by atoms with E-state index in [4.69, 9.17) is 4.74 Å². The van der Waals surface area contributed by atoms with E-state index in [0.29, 0.717) is 6.54 Å². The maximum Gasteiger partial charge on any atom is 0.410 e. The van der Waals surface area contributed by atoms with Crippen LogP contribution in [0.3, 0.4) is 0 Å². The fourth-order valence-corrected chi connectivity index (χ4v) is 2.66. The molecule has 1 atom stereocenters. The van der Waals surface area contributed by atoms with Gasteiger partial charge in [-0.1, -0.05) is 18.2 Å². The molecule has 2 rings (SSSR count). The maximum absolute atomic E-state index is 12.2. The molecule has 1 unspecified atom stereocenters. The van der Waals surface area contributed by atoms with Crippen LogP contribution in [0.2, 0.25) is 0 Å². The molecule has 1 amide bonds. The van der Waals surface area contributed by atoms with Gasteiger partial charge in [-0.25, -0.2) is 4.79 Å². The molecule has 0 saturated carbocycles. The monoisotopic (exact) mass is 277 g/mol. The number of hydrogen-bond donors (Lipinski definition) is 1. The topological polar surface area (TPSA) is 49.8 Å². The van der Waals surface area contributed by atoms with E-state index in [1.54, 1.807) is 4.90 Å². The van der Waals surface area contributed by atoms with Crippen LogP contribution in [-0.2, 0) is 17.8 Å². The molecule has 0 fully saturated rings. The summed E-state index contributed by atoms with van der Waals surface area (Å²) >= 11 is 0. The number of aliphatic hydroxyl groups is 1. The van der Waals surface area contributed by atoms with Gasteiger partial charge >= 0.3 is 6.09 Å². The molecule has 0 spiro atoms. The summed E-state index contributed by atoms with van der Waals surface area (Å²) in [5.74, 6) is 0. The van der Waals surface area contributed by atoms with Crippen molar-refractivity contribution >= 4 is 6.09 Å². The Bertz CT molecular complexity index is 505. The second kappa shape index (κ2) is 5.44. The predicted octanol–water partition coefficient (Wildman–Crippen LogP) is 3.03. The van der Waals surface area contributed by atoms with Gasteiger partial charge in [0, 0.05) is 6.54 Å². The quantitative estimate of drug-likeness (QED) is 0.858. The number of fused-ring (bicyclic) bond motifs is 1. The van der Waals surface area contributed by atoms with Gasteiger partial charge in [0.25, 0.3) is 0 Å². The molecule has 1 aliphatic heterocycles. The first-order valence-corrected chi connectivity index (χ1v) is 7.04. The van der Waals surface area contributed by atoms with Gasteiger partial charge in [-0.15, -0.1) is 0 Å². The lowest BCUT2D eigenvalue weighted by Crippen LogP contribution is -2.42. The van der Waals surface area contributed by atoms with Crippen molar-refractivity contribution in [2.75, 3.05) is 6.54 Å². The summed E-state index contributed by atoms with van der Waals surface area (Å²) in [6, 6.07) is 5.87. The third kappa shape index (κ3) is 2.96. The van der Waals surface area contributed by atoms with Gasteiger partial charge in [0.2, 0.25) is 0 Å². The van der Waals surface area contributed by atoms with Gasteiger partial charge in [-0.05, 0) is 50.8 Å². The minimum Gasteiger partial charge on any atom is -0.444 e. The van der Waals surface area contributed by atoms with Gasteiger partial charge in [0.05, 0.1) is 12.6 Å². The molecule has 4 heteroatoms. The molecular weight excluding hydrogens is 254 g/mol.